The number of para-hydroxylation sites is 1. The minimum absolute atomic E-state index is 0.213. The highest BCUT2D eigenvalue weighted by atomic mass is 16.5. The molecule has 0 aromatic heterocycles. The molecule has 1 rings (SSSR count). The summed E-state index contributed by atoms with van der Waals surface area (Å²) in [5.74, 6) is -1.18. The van der Waals surface area contributed by atoms with Crippen molar-refractivity contribution >= 4 is 23.6 Å². The molecule has 0 radical (unpaired) electrons. The van der Waals surface area contributed by atoms with E-state index >= 15 is 0 Å². The zero-order chi connectivity index (χ0) is 14.3. The van der Waals surface area contributed by atoms with Crippen LogP contribution in [0.3, 0.4) is 0 Å². The minimum Gasteiger partial charge on any atom is -0.462 e. The Labute approximate surface area is 110 Å². The topological polar surface area (TPSA) is 84.5 Å². The van der Waals surface area contributed by atoms with E-state index in [1.807, 2.05) is 5.32 Å². The average Bonchev–Trinajstić information content (AvgIpc) is 2.39. The van der Waals surface area contributed by atoms with E-state index in [9.17, 15) is 14.4 Å². The number of carbonyl (C=O) groups excluding carboxylic acids is 3. The van der Waals surface area contributed by atoms with E-state index in [1.54, 1.807) is 19.1 Å². The van der Waals surface area contributed by atoms with Gasteiger partial charge in [-0.25, -0.2) is 9.59 Å². The van der Waals surface area contributed by atoms with Crippen LogP contribution in [0.2, 0.25) is 0 Å². The lowest BCUT2D eigenvalue weighted by Crippen LogP contribution is -2.33. The molecule has 0 aliphatic rings. The second-order valence-electron chi connectivity index (χ2n) is 3.41. The lowest BCUT2D eigenvalue weighted by molar-refractivity contribution is -0.115. The fourth-order valence-electron chi connectivity index (χ4n) is 1.30. The fourth-order valence-corrected chi connectivity index (χ4v) is 1.30. The first-order valence-electron chi connectivity index (χ1n) is 5.59. The SMILES string of the molecule is C=CC(=O)NC(=O)Nc1ccccc1C(=O)OCC. The zero-order valence-corrected chi connectivity index (χ0v) is 10.4. The largest absolute Gasteiger partial charge is 0.462 e. The molecule has 0 saturated heterocycles. The summed E-state index contributed by atoms with van der Waals surface area (Å²) in [7, 11) is 0. The van der Waals surface area contributed by atoms with Crippen molar-refractivity contribution < 1.29 is 19.1 Å². The molecule has 0 bridgehead atoms. The normalized spacial score (nSPS) is 9.32. The van der Waals surface area contributed by atoms with Crippen LogP contribution in [0.1, 0.15) is 17.3 Å². The third kappa shape index (κ3) is 4.27. The van der Waals surface area contributed by atoms with Gasteiger partial charge in [-0.2, -0.15) is 0 Å². The van der Waals surface area contributed by atoms with Gasteiger partial charge in [0.2, 0.25) is 0 Å². The van der Waals surface area contributed by atoms with Crippen molar-refractivity contribution in [2.24, 2.45) is 0 Å². The van der Waals surface area contributed by atoms with Crippen LogP contribution >= 0.6 is 0 Å². The first-order chi connectivity index (χ1) is 9.08. The number of imide groups is 1. The van der Waals surface area contributed by atoms with Crippen molar-refractivity contribution in [2.45, 2.75) is 6.92 Å². The van der Waals surface area contributed by atoms with Gasteiger partial charge in [0.05, 0.1) is 17.9 Å². The molecule has 0 unspecified atom stereocenters. The molecule has 6 heteroatoms. The van der Waals surface area contributed by atoms with Gasteiger partial charge in [-0.3, -0.25) is 10.1 Å². The monoisotopic (exact) mass is 262 g/mol. The standard InChI is InChI=1S/C13H14N2O4/c1-3-11(16)15-13(18)14-10-8-6-5-7-9(10)12(17)19-4-2/h3,5-8H,1,4H2,2H3,(H2,14,15,16,18). The predicted molar refractivity (Wildman–Crippen MR) is 69.8 cm³/mol. The smallest absolute Gasteiger partial charge is 0.340 e. The van der Waals surface area contributed by atoms with Crippen LogP contribution in [0.25, 0.3) is 0 Å². The quantitative estimate of drug-likeness (QED) is 0.639. The summed E-state index contributed by atoms with van der Waals surface area (Å²) in [6, 6.07) is 5.59. The van der Waals surface area contributed by atoms with Gasteiger partial charge in [-0.05, 0) is 25.1 Å². The molecule has 1 aromatic carbocycles. The fraction of sp³-hybridized carbons (Fsp3) is 0.154. The maximum Gasteiger partial charge on any atom is 0.340 e. The number of amides is 3. The van der Waals surface area contributed by atoms with Crippen molar-refractivity contribution in [1.82, 2.24) is 5.32 Å². The molecular weight excluding hydrogens is 248 g/mol. The van der Waals surface area contributed by atoms with Crippen LogP contribution in [0.4, 0.5) is 10.5 Å². The van der Waals surface area contributed by atoms with E-state index < -0.39 is 17.9 Å². The van der Waals surface area contributed by atoms with Crippen LogP contribution in [-0.2, 0) is 9.53 Å². The lowest BCUT2D eigenvalue weighted by atomic mass is 10.2. The van der Waals surface area contributed by atoms with Gasteiger partial charge in [0.1, 0.15) is 0 Å². The summed E-state index contributed by atoms with van der Waals surface area (Å²) in [6.45, 7) is 5.14. The van der Waals surface area contributed by atoms with Crippen molar-refractivity contribution in [3.8, 4) is 0 Å². The molecule has 0 atom stereocenters. The number of hydrogen-bond donors (Lipinski definition) is 2. The van der Waals surface area contributed by atoms with Gasteiger partial charge < -0.3 is 10.1 Å². The molecule has 1 aromatic rings. The number of nitrogens with one attached hydrogen (secondary N) is 2. The molecule has 2 N–H and O–H groups in total. The Kier molecular flexibility index (Phi) is 5.28. The number of ether oxygens (including phenoxy) is 1. The van der Waals surface area contributed by atoms with Gasteiger partial charge in [-0.15, -0.1) is 0 Å². The third-order valence-electron chi connectivity index (χ3n) is 2.09. The Morgan fingerprint density at radius 3 is 2.63 bits per heavy atom. The van der Waals surface area contributed by atoms with Crippen LogP contribution in [-0.4, -0.2) is 24.5 Å². The van der Waals surface area contributed by atoms with Crippen molar-refractivity contribution in [3.63, 3.8) is 0 Å². The molecule has 0 heterocycles. The molecule has 0 spiro atoms. The third-order valence-corrected chi connectivity index (χ3v) is 2.09. The zero-order valence-electron chi connectivity index (χ0n) is 10.4. The molecule has 0 fully saturated rings. The second-order valence-corrected chi connectivity index (χ2v) is 3.41. The van der Waals surface area contributed by atoms with Crippen LogP contribution in [0.15, 0.2) is 36.9 Å². The average molecular weight is 262 g/mol. The first-order valence-corrected chi connectivity index (χ1v) is 5.59. The lowest BCUT2D eigenvalue weighted by Gasteiger charge is -2.10. The van der Waals surface area contributed by atoms with Gasteiger partial charge in [0.25, 0.3) is 5.91 Å². The second kappa shape index (κ2) is 6.95. The van der Waals surface area contributed by atoms with Gasteiger partial charge in [0, 0.05) is 0 Å². The van der Waals surface area contributed by atoms with E-state index in [0.29, 0.717) is 0 Å². The number of carbonyl (C=O) groups is 3. The maximum absolute atomic E-state index is 11.6. The molecule has 0 aliphatic heterocycles. The number of anilines is 1. The Morgan fingerprint density at radius 2 is 2.00 bits per heavy atom. The van der Waals surface area contributed by atoms with Crippen LogP contribution < -0.4 is 10.6 Å². The van der Waals surface area contributed by atoms with E-state index in [-0.39, 0.29) is 17.9 Å². The summed E-state index contributed by atoms with van der Waals surface area (Å²) < 4.78 is 4.86. The summed E-state index contributed by atoms with van der Waals surface area (Å²) in [4.78, 5) is 34.1. The molecular formula is C13H14N2O4. The van der Waals surface area contributed by atoms with Gasteiger partial charge >= 0.3 is 12.0 Å². The van der Waals surface area contributed by atoms with Gasteiger partial charge in [0.15, 0.2) is 0 Å². The highest BCUT2D eigenvalue weighted by Gasteiger charge is 2.14. The van der Waals surface area contributed by atoms with Gasteiger partial charge in [-0.1, -0.05) is 18.7 Å². The van der Waals surface area contributed by atoms with Crippen molar-refractivity contribution in [2.75, 3.05) is 11.9 Å². The highest BCUT2D eigenvalue weighted by molar-refractivity contribution is 6.07. The van der Waals surface area contributed by atoms with E-state index in [4.69, 9.17) is 4.74 Å². The van der Waals surface area contributed by atoms with Crippen molar-refractivity contribution in [1.29, 1.82) is 0 Å². The predicted octanol–water partition coefficient (Wildman–Crippen LogP) is 1.70. The number of benzene rings is 1. The Hall–Kier alpha value is -2.63. The molecule has 100 valence electrons. The molecule has 3 amide bonds. The Bertz CT molecular complexity index is 511. The number of rotatable bonds is 4. The summed E-state index contributed by atoms with van der Waals surface area (Å²) in [6.07, 6.45) is 0.969. The summed E-state index contributed by atoms with van der Waals surface area (Å²) in [5.41, 5.74) is 0.473. The van der Waals surface area contributed by atoms with Crippen LogP contribution in [0, 0.1) is 0 Å². The van der Waals surface area contributed by atoms with E-state index in [1.165, 1.54) is 12.1 Å². The molecule has 6 nitrogen and oxygen atoms in total. The van der Waals surface area contributed by atoms with Crippen molar-refractivity contribution in [3.05, 3.63) is 42.5 Å². The molecule has 19 heavy (non-hydrogen) atoms. The highest BCUT2D eigenvalue weighted by Crippen LogP contribution is 2.15. The number of urea groups is 1. The summed E-state index contributed by atoms with van der Waals surface area (Å²) >= 11 is 0. The minimum atomic E-state index is -0.748. The number of hydrogen-bond acceptors (Lipinski definition) is 4. The Morgan fingerprint density at radius 1 is 1.32 bits per heavy atom. The number of esters is 1. The maximum atomic E-state index is 11.6. The Balaban J connectivity index is 2.83. The summed E-state index contributed by atoms with van der Waals surface area (Å²) in [5, 5.41) is 4.41. The van der Waals surface area contributed by atoms with Crippen LogP contribution in [0.5, 0.6) is 0 Å². The van der Waals surface area contributed by atoms with E-state index in [0.717, 1.165) is 6.08 Å². The molecule has 0 aliphatic carbocycles. The first kappa shape index (κ1) is 14.4. The van der Waals surface area contributed by atoms with E-state index in [2.05, 4.69) is 11.9 Å². The molecule has 0 saturated carbocycles.